The monoisotopic (exact) mass is 337 g/mol. The summed E-state index contributed by atoms with van der Waals surface area (Å²) < 4.78 is 1.03. The zero-order valence-corrected chi connectivity index (χ0v) is 13.1. The van der Waals surface area contributed by atoms with Crippen LogP contribution in [-0.2, 0) is 11.2 Å². The number of hydrogen-bond acceptors (Lipinski definition) is 3. The molecule has 0 radical (unpaired) electrons. The molecular formula is C15H20BrN3O. The lowest BCUT2D eigenvalue weighted by atomic mass is 10.1. The molecule has 0 aliphatic carbocycles. The molecule has 0 aromatic heterocycles. The van der Waals surface area contributed by atoms with Crippen LogP contribution < -0.4 is 5.32 Å². The van der Waals surface area contributed by atoms with Gasteiger partial charge in [0.2, 0.25) is 5.91 Å². The summed E-state index contributed by atoms with van der Waals surface area (Å²) in [5.41, 5.74) is 1.08. The van der Waals surface area contributed by atoms with Gasteiger partial charge < -0.3 is 10.2 Å². The van der Waals surface area contributed by atoms with Crippen molar-refractivity contribution in [3.05, 3.63) is 34.3 Å². The van der Waals surface area contributed by atoms with Crippen molar-refractivity contribution < 1.29 is 4.79 Å². The van der Waals surface area contributed by atoms with Gasteiger partial charge in [-0.05, 0) is 17.7 Å². The maximum absolute atomic E-state index is 12.3. The maximum Gasteiger partial charge on any atom is 0.227 e. The SMILES string of the molecule is O=C(Cc1cccc(Br)c1)N1CCN(C2CNC2)CC1. The molecule has 108 valence electrons. The van der Waals surface area contributed by atoms with Crippen molar-refractivity contribution in [2.45, 2.75) is 12.5 Å². The minimum Gasteiger partial charge on any atom is -0.340 e. The number of nitrogens with one attached hydrogen (secondary N) is 1. The highest BCUT2D eigenvalue weighted by molar-refractivity contribution is 9.10. The maximum atomic E-state index is 12.3. The van der Waals surface area contributed by atoms with Gasteiger partial charge in [-0.1, -0.05) is 28.1 Å². The summed E-state index contributed by atoms with van der Waals surface area (Å²) in [7, 11) is 0. The average Bonchev–Trinajstić information content (AvgIpc) is 2.37. The van der Waals surface area contributed by atoms with Crippen LogP contribution in [0.25, 0.3) is 0 Å². The van der Waals surface area contributed by atoms with E-state index in [1.54, 1.807) is 0 Å². The number of halogens is 1. The first kappa shape index (κ1) is 14.0. The van der Waals surface area contributed by atoms with E-state index in [1.165, 1.54) is 0 Å². The van der Waals surface area contributed by atoms with Gasteiger partial charge >= 0.3 is 0 Å². The van der Waals surface area contributed by atoms with Crippen LogP contribution in [0.1, 0.15) is 5.56 Å². The molecule has 0 saturated carbocycles. The molecule has 1 amide bonds. The van der Waals surface area contributed by atoms with E-state index in [4.69, 9.17) is 0 Å². The Morgan fingerprint density at radius 1 is 1.25 bits per heavy atom. The minimum atomic E-state index is 0.245. The van der Waals surface area contributed by atoms with Crippen LogP contribution in [-0.4, -0.2) is 61.0 Å². The molecular weight excluding hydrogens is 318 g/mol. The molecule has 5 heteroatoms. The predicted molar refractivity (Wildman–Crippen MR) is 82.7 cm³/mol. The van der Waals surface area contributed by atoms with Gasteiger partial charge in [-0.2, -0.15) is 0 Å². The zero-order valence-electron chi connectivity index (χ0n) is 11.5. The molecule has 0 unspecified atom stereocenters. The van der Waals surface area contributed by atoms with Gasteiger partial charge in [0.25, 0.3) is 0 Å². The molecule has 2 fully saturated rings. The second-order valence-corrected chi connectivity index (χ2v) is 6.45. The van der Waals surface area contributed by atoms with Gasteiger partial charge in [-0.3, -0.25) is 9.69 Å². The number of hydrogen-bond donors (Lipinski definition) is 1. The number of carbonyl (C=O) groups is 1. The lowest BCUT2D eigenvalue weighted by molar-refractivity contribution is -0.132. The third-order valence-electron chi connectivity index (χ3n) is 4.19. The highest BCUT2D eigenvalue weighted by atomic mass is 79.9. The predicted octanol–water partition coefficient (Wildman–Crippen LogP) is 1.11. The van der Waals surface area contributed by atoms with E-state index in [0.29, 0.717) is 12.5 Å². The van der Waals surface area contributed by atoms with E-state index in [1.807, 2.05) is 29.2 Å². The highest BCUT2D eigenvalue weighted by Gasteiger charge is 2.28. The molecule has 3 rings (SSSR count). The van der Waals surface area contributed by atoms with Gasteiger partial charge in [0.15, 0.2) is 0 Å². The van der Waals surface area contributed by atoms with E-state index in [-0.39, 0.29) is 5.91 Å². The molecule has 20 heavy (non-hydrogen) atoms. The Morgan fingerprint density at radius 3 is 2.60 bits per heavy atom. The topological polar surface area (TPSA) is 35.6 Å². The molecule has 1 aromatic rings. The first-order valence-corrected chi connectivity index (χ1v) is 7.98. The Balaban J connectivity index is 1.51. The van der Waals surface area contributed by atoms with Crippen molar-refractivity contribution in [1.29, 1.82) is 0 Å². The first-order valence-electron chi connectivity index (χ1n) is 7.19. The summed E-state index contributed by atoms with van der Waals surface area (Å²) >= 11 is 3.45. The van der Waals surface area contributed by atoms with Gasteiger partial charge in [0.05, 0.1) is 6.42 Å². The fourth-order valence-corrected chi connectivity index (χ4v) is 3.25. The molecule has 4 nitrogen and oxygen atoms in total. The Labute approximate surface area is 128 Å². The van der Waals surface area contributed by atoms with E-state index in [9.17, 15) is 4.79 Å². The van der Waals surface area contributed by atoms with Crippen molar-refractivity contribution >= 4 is 21.8 Å². The lowest BCUT2D eigenvalue weighted by Crippen LogP contribution is -2.62. The Hall–Kier alpha value is -0.910. The number of amides is 1. The third-order valence-corrected chi connectivity index (χ3v) is 4.68. The quantitative estimate of drug-likeness (QED) is 0.897. The number of carbonyl (C=O) groups excluding carboxylic acids is 1. The van der Waals surface area contributed by atoms with Crippen molar-refractivity contribution in [2.75, 3.05) is 39.3 Å². The normalized spacial score (nSPS) is 20.8. The van der Waals surface area contributed by atoms with Crippen molar-refractivity contribution in [1.82, 2.24) is 15.1 Å². The van der Waals surface area contributed by atoms with Gasteiger partial charge in [-0.15, -0.1) is 0 Å². The third kappa shape index (κ3) is 3.22. The summed E-state index contributed by atoms with van der Waals surface area (Å²) in [5.74, 6) is 0.245. The Kier molecular flexibility index (Phi) is 4.38. The molecule has 0 spiro atoms. The van der Waals surface area contributed by atoms with Crippen LogP contribution in [0, 0.1) is 0 Å². The van der Waals surface area contributed by atoms with E-state index in [2.05, 4.69) is 26.1 Å². The van der Waals surface area contributed by atoms with Gasteiger partial charge in [0, 0.05) is 49.8 Å². The summed E-state index contributed by atoms with van der Waals surface area (Å²) in [6, 6.07) is 8.69. The summed E-state index contributed by atoms with van der Waals surface area (Å²) in [6.07, 6.45) is 0.504. The molecule has 1 N–H and O–H groups in total. The second kappa shape index (κ2) is 6.24. The Morgan fingerprint density at radius 2 is 2.00 bits per heavy atom. The standard InChI is InChI=1S/C15H20BrN3O/c16-13-3-1-2-12(8-13)9-15(20)19-6-4-18(5-7-19)14-10-17-11-14/h1-3,8,14,17H,4-7,9-11H2. The largest absolute Gasteiger partial charge is 0.340 e. The summed E-state index contributed by atoms with van der Waals surface area (Å²) in [6.45, 7) is 5.96. The molecule has 2 aliphatic heterocycles. The molecule has 0 atom stereocenters. The number of nitrogens with zero attached hydrogens (tertiary/aromatic N) is 2. The van der Waals surface area contributed by atoms with Crippen LogP contribution in [0.3, 0.4) is 0 Å². The van der Waals surface area contributed by atoms with Crippen LogP contribution in [0.4, 0.5) is 0 Å². The molecule has 0 bridgehead atoms. The highest BCUT2D eigenvalue weighted by Crippen LogP contribution is 2.14. The Bertz CT molecular complexity index is 482. The lowest BCUT2D eigenvalue weighted by Gasteiger charge is -2.43. The van der Waals surface area contributed by atoms with Crippen LogP contribution in [0.2, 0.25) is 0 Å². The van der Waals surface area contributed by atoms with Crippen molar-refractivity contribution in [3.63, 3.8) is 0 Å². The van der Waals surface area contributed by atoms with E-state index in [0.717, 1.165) is 49.3 Å². The molecule has 1 aromatic carbocycles. The second-order valence-electron chi connectivity index (χ2n) is 5.54. The van der Waals surface area contributed by atoms with Crippen LogP contribution >= 0.6 is 15.9 Å². The number of rotatable bonds is 3. The minimum absolute atomic E-state index is 0.245. The fraction of sp³-hybridized carbons (Fsp3) is 0.533. The number of benzene rings is 1. The van der Waals surface area contributed by atoms with E-state index >= 15 is 0 Å². The van der Waals surface area contributed by atoms with Gasteiger partial charge in [-0.25, -0.2) is 0 Å². The number of piperazine rings is 1. The zero-order chi connectivity index (χ0) is 13.9. The average molecular weight is 338 g/mol. The van der Waals surface area contributed by atoms with Gasteiger partial charge in [0.1, 0.15) is 0 Å². The van der Waals surface area contributed by atoms with Crippen molar-refractivity contribution in [2.24, 2.45) is 0 Å². The molecule has 2 aliphatic rings. The first-order chi connectivity index (χ1) is 9.72. The van der Waals surface area contributed by atoms with E-state index < -0.39 is 0 Å². The summed E-state index contributed by atoms with van der Waals surface area (Å²) in [4.78, 5) is 16.8. The smallest absolute Gasteiger partial charge is 0.227 e. The van der Waals surface area contributed by atoms with Crippen molar-refractivity contribution in [3.8, 4) is 0 Å². The molecule has 2 saturated heterocycles. The fourth-order valence-electron chi connectivity index (χ4n) is 2.80. The van der Waals surface area contributed by atoms with Crippen LogP contribution in [0.15, 0.2) is 28.7 Å². The molecule has 2 heterocycles. The summed E-state index contributed by atoms with van der Waals surface area (Å²) in [5, 5.41) is 3.30. The van der Waals surface area contributed by atoms with Crippen LogP contribution in [0.5, 0.6) is 0 Å².